The number of aromatic nitrogens is 2. The van der Waals surface area contributed by atoms with E-state index in [4.69, 9.17) is 26.1 Å². The Hall–Kier alpha value is -3.51. The van der Waals surface area contributed by atoms with Crippen LogP contribution in [0.15, 0.2) is 72.8 Å². The maximum Gasteiger partial charge on any atom is 0.227 e. The van der Waals surface area contributed by atoms with Gasteiger partial charge in [0.15, 0.2) is 0 Å². The summed E-state index contributed by atoms with van der Waals surface area (Å²) in [6.45, 7) is 2.04. The molecule has 1 saturated heterocycles. The zero-order chi connectivity index (χ0) is 24.2. The van der Waals surface area contributed by atoms with Crippen molar-refractivity contribution in [1.29, 1.82) is 0 Å². The lowest BCUT2D eigenvalue weighted by Gasteiger charge is -2.19. The molecule has 1 aliphatic heterocycles. The van der Waals surface area contributed by atoms with E-state index in [2.05, 4.69) is 10.6 Å². The van der Waals surface area contributed by atoms with Gasteiger partial charge in [-0.2, -0.15) is 0 Å². The van der Waals surface area contributed by atoms with E-state index in [9.17, 15) is 4.79 Å². The van der Waals surface area contributed by atoms with Crippen LogP contribution in [0.25, 0.3) is 11.0 Å². The number of hydrogen-bond donors (Lipinski definition) is 0. The molecule has 0 radical (unpaired) electrons. The molecular weight excluding hydrogens is 462 g/mol. The summed E-state index contributed by atoms with van der Waals surface area (Å²) in [6.07, 6.45) is 2.28. The van der Waals surface area contributed by atoms with Crippen molar-refractivity contribution >= 4 is 34.2 Å². The summed E-state index contributed by atoms with van der Waals surface area (Å²) in [6, 6.07) is 23.3. The first-order valence-corrected chi connectivity index (χ1v) is 12.3. The number of hydrogen-bond acceptors (Lipinski definition) is 4. The van der Waals surface area contributed by atoms with Crippen LogP contribution in [0.2, 0.25) is 5.02 Å². The molecule has 3 aromatic carbocycles. The van der Waals surface area contributed by atoms with Crippen molar-refractivity contribution < 1.29 is 14.3 Å². The number of aryl methyl sites for hydroxylation is 1. The van der Waals surface area contributed by atoms with Gasteiger partial charge < -0.3 is 18.9 Å². The lowest BCUT2D eigenvalue weighted by molar-refractivity contribution is -0.117. The summed E-state index contributed by atoms with van der Waals surface area (Å²) in [5.74, 6) is 2.61. The second-order valence-corrected chi connectivity index (χ2v) is 9.13. The zero-order valence-electron chi connectivity index (χ0n) is 19.7. The number of amides is 1. The molecule has 4 aromatic rings. The molecule has 6 nitrogen and oxygen atoms in total. The Morgan fingerprint density at radius 3 is 2.60 bits per heavy atom. The summed E-state index contributed by atoms with van der Waals surface area (Å²) in [7, 11) is 1.63. The quantitative estimate of drug-likeness (QED) is 0.267. The van der Waals surface area contributed by atoms with E-state index in [1.54, 1.807) is 7.11 Å². The van der Waals surface area contributed by atoms with E-state index < -0.39 is 0 Å². The number of anilines is 1. The third-order valence-corrected chi connectivity index (χ3v) is 6.66. The first-order valence-electron chi connectivity index (χ1n) is 11.9. The molecule has 1 aromatic heterocycles. The summed E-state index contributed by atoms with van der Waals surface area (Å²) in [4.78, 5) is 19.8. The number of carbonyl (C=O) groups excluding carboxylic acids is 1. The van der Waals surface area contributed by atoms with E-state index in [1.807, 2.05) is 71.6 Å². The number of para-hydroxylation sites is 4. The van der Waals surface area contributed by atoms with E-state index in [1.165, 1.54) is 0 Å². The van der Waals surface area contributed by atoms with Crippen LogP contribution in [-0.4, -0.2) is 35.7 Å². The first kappa shape index (κ1) is 23.2. The largest absolute Gasteiger partial charge is 0.495 e. The average Bonchev–Trinajstić information content (AvgIpc) is 3.45. The number of imidazole rings is 1. The second kappa shape index (κ2) is 10.4. The minimum absolute atomic E-state index is 0.0186. The molecule has 7 heteroatoms. The number of carbonyl (C=O) groups is 1. The van der Waals surface area contributed by atoms with Crippen molar-refractivity contribution in [2.24, 2.45) is 0 Å². The van der Waals surface area contributed by atoms with Crippen molar-refractivity contribution in [3.05, 3.63) is 83.6 Å². The third-order valence-electron chi connectivity index (χ3n) is 6.41. The Balaban J connectivity index is 1.30. The molecular formula is C28H28ClN3O3. The number of rotatable bonds is 9. The molecule has 0 spiro atoms. The summed E-state index contributed by atoms with van der Waals surface area (Å²) < 4.78 is 13.6. The van der Waals surface area contributed by atoms with Gasteiger partial charge in [0.1, 0.15) is 17.3 Å². The van der Waals surface area contributed by atoms with Crippen LogP contribution in [0, 0.1) is 0 Å². The summed E-state index contributed by atoms with van der Waals surface area (Å²) in [5.41, 5.74) is 2.87. The van der Waals surface area contributed by atoms with Gasteiger partial charge in [-0.25, -0.2) is 4.98 Å². The SMILES string of the molecule is COc1ccccc1N1C[C@H](c2nc3ccccc3n2CCCCOc2ccc(Cl)cc2)CC1=O. The molecule has 180 valence electrons. The lowest BCUT2D eigenvalue weighted by Crippen LogP contribution is -2.25. The Morgan fingerprint density at radius 2 is 1.77 bits per heavy atom. The van der Waals surface area contributed by atoms with E-state index in [0.29, 0.717) is 30.3 Å². The van der Waals surface area contributed by atoms with Gasteiger partial charge in [0, 0.05) is 30.5 Å². The predicted octanol–water partition coefficient (Wildman–Crippen LogP) is 6.08. The molecule has 1 fully saturated rings. The topological polar surface area (TPSA) is 56.6 Å². The van der Waals surface area contributed by atoms with E-state index >= 15 is 0 Å². The second-order valence-electron chi connectivity index (χ2n) is 8.70. The Bertz CT molecular complexity index is 1320. The predicted molar refractivity (Wildman–Crippen MR) is 139 cm³/mol. The van der Waals surface area contributed by atoms with Crippen LogP contribution in [0.5, 0.6) is 11.5 Å². The highest BCUT2D eigenvalue weighted by Gasteiger charge is 2.35. The number of ether oxygens (including phenoxy) is 2. The van der Waals surface area contributed by atoms with Crippen LogP contribution in [0.4, 0.5) is 5.69 Å². The number of methoxy groups -OCH3 is 1. The molecule has 0 saturated carbocycles. The van der Waals surface area contributed by atoms with Gasteiger partial charge >= 0.3 is 0 Å². The van der Waals surface area contributed by atoms with Crippen molar-refractivity contribution in [3.63, 3.8) is 0 Å². The molecule has 0 aliphatic carbocycles. The van der Waals surface area contributed by atoms with Crippen LogP contribution in [0.3, 0.4) is 0 Å². The van der Waals surface area contributed by atoms with Crippen molar-refractivity contribution in [2.45, 2.75) is 31.7 Å². The van der Waals surface area contributed by atoms with Crippen LogP contribution < -0.4 is 14.4 Å². The fourth-order valence-corrected chi connectivity index (χ4v) is 4.83. The minimum atomic E-state index is 0.0186. The molecule has 5 rings (SSSR count). The number of halogens is 1. The molecule has 0 unspecified atom stereocenters. The standard InChI is InChI=1S/C28H28ClN3O3/c1-34-26-11-5-4-10-25(26)32-19-20(18-27(32)33)28-30-23-8-2-3-9-24(23)31(28)16-6-7-17-35-22-14-12-21(29)13-15-22/h2-5,8-15,20H,6-7,16-19H2,1H3/t20-/m1/s1. The fraction of sp³-hybridized carbons (Fsp3) is 0.286. The normalized spacial score (nSPS) is 15.7. The maximum absolute atomic E-state index is 13.0. The Kier molecular flexibility index (Phi) is 6.91. The highest BCUT2D eigenvalue weighted by atomic mass is 35.5. The zero-order valence-corrected chi connectivity index (χ0v) is 20.4. The molecule has 0 bridgehead atoms. The maximum atomic E-state index is 13.0. The smallest absolute Gasteiger partial charge is 0.227 e. The molecule has 2 heterocycles. The third kappa shape index (κ3) is 4.98. The summed E-state index contributed by atoms with van der Waals surface area (Å²) in [5, 5.41) is 0.700. The van der Waals surface area contributed by atoms with Crippen molar-refractivity contribution in [3.8, 4) is 11.5 Å². The molecule has 1 aliphatic rings. The Labute approximate surface area is 210 Å². The average molecular weight is 490 g/mol. The summed E-state index contributed by atoms with van der Waals surface area (Å²) >= 11 is 5.94. The molecule has 35 heavy (non-hydrogen) atoms. The van der Waals surface area contributed by atoms with Crippen LogP contribution in [0.1, 0.15) is 31.0 Å². The van der Waals surface area contributed by atoms with E-state index in [-0.39, 0.29) is 11.8 Å². The van der Waals surface area contributed by atoms with Gasteiger partial charge in [0.25, 0.3) is 0 Å². The van der Waals surface area contributed by atoms with Gasteiger partial charge in [-0.05, 0) is 61.4 Å². The van der Waals surface area contributed by atoms with Gasteiger partial charge in [-0.1, -0.05) is 35.9 Å². The van der Waals surface area contributed by atoms with Crippen molar-refractivity contribution in [1.82, 2.24) is 9.55 Å². The first-order chi connectivity index (χ1) is 17.1. The van der Waals surface area contributed by atoms with Gasteiger partial charge in [0.2, 0.25) is 5.91 Å². The van der Waals surface area contributed by atoms with Crippen LogP contribution in [-0.2, 0) is 11.3 Å². The van der Waals surface area contributed by atoms with Gasteiger partial charge in [-0.15, -0.1) is 0 Å². The van der Waals surface area contributed by atoms with Crippen molar-refractivity contribution in [2.75, 3.05) is 25.2 Å². The molecule has 1 atom stereocenters. The highest BCUT2D eigenvalue weighted by Crippen LogP contribution is 2.37. The highest BCUT2D eigenvalue weighted by molar-refractivity contribution is 6.30. The minimum Gasteiger partial charge on any atom is -0.495 e. The molecule has 1 amide bonds. The number of fused-ring (bicyclic) bond motifs is 1. The lowest BCUT2D eigenvalue weighted by atomic mass is 10.1. The number of benzene rings is 3. The number of nitrogens with zero attached hydrogens (tertiary/aromatic N) is 3. The molecule has 0 N–H and O–H groups in total. The van der Waals surface area contributed by atoms with Gasteiger partial charge in [-0.3, -0.25) is 4.79 Å². The fourth-order valence-electron chi connectivity index (χ4n) is 4.70. The monoisotopic (exact) mass is 489 g/mol. The Morgan fingerprint density at radius 1 is 1.00 bits per heavy atom. The number of unbranched alkanes of at least 4 members (excludes halogenated alkanes) is 1. The van der Waals surface area contributed by atoms with E-state index in [0.717, 1.165) is 47.7 Å². The van der Waals surface area contributed by atoms with Gasteiger partial charge in [0.05, 0.1) is 30.4 Å². The van der Waals surface area contributed by atoms with Crippen LogP contribution >= 0.6 is 11.6 Å².